The average molecular weight is 366 g/mol. The van der Waals surface area contributed by atoms with Crippen molar-refractivity contribution >= 4 is 17.3 Å². The Morgan fingerprint density at radius 2 is 1.72 bits per heavy atom. The minimum Gasteiger partial charge on any atom is -0.379 e. The Kier molecular flexibility index (Phi) is 5.54. The molecule has 0 aromatic carbocycles. The molecule has 5 heteroatoms. The highest BCUT2D eigenvalue weighted by atomic mass is 32.1. The maximum atomic E-state index is 5.60. The van der Waals surface area contributed by atoms with Crippen LogP contribution >= 0.6 is 12.2 Å². The summed E-state index contributed by atoms with van der Waals surface area (Å²) in [5.74, 6) is 3.02. The molecule has 5 fully saturated rings. The molecule has 4 aliphatic carbocycles. The lowest BCUT2D eigenvalue weighted by Gasteiger charge is -2.59. The normalized spacial score (nSPS) is 38.5. The molecular formula is C20H35N3OS. The van der Waals surface area contributed by atoms with Gasteiger partial charge in [0.2, 0.25) is 0 Å². The number of morpholine rings is 1. The molecule has 4 nitrogen and oxygen atoms in total. The van der Waals surface area contributed by atoms with E-state index in [9.17, 15) is 0 Å². The molecule has 0 radical (unpaired) electrons. The first-order valence-electron chi connectivity index (χ1n) is 10.5. The molecule has 0 aromatic rings. The van der Waals surface area contributed by atoms with E-state index in [-0.39, 0.29) is 0 Å². The molecule has 1 atom stereocenters. The van der Waals surface area contributed by atoms with Gasteiger partial charge in [0.25, 0.3) is 0 Å². The zero-order chi connectivity index (χ0) is 17.3. The summed E-state index contributed by atoms with van der Waals surface area (Å²) in [5.41, 5.74) is 0.522. The maximum absolute atomic E-state index is 5.60. The second kappa shape index (κ2) is 7.69. The molecule has 4 bridgehead atoms. The summed E-state index contributed by atoms with van der Waals surface area (Å²) < 4.78 is 5.40. The lowest BCUT2D eigenvalue weighted by molar-refractivity contribution is -0.0672. The summed E-state index contributed by atoms with van der Waals surface area (Å²) in [4.78, 5) is 2.49. The monoisotopic (exact) mass is 365 g/mol. The number of nitrogens with zero attached hydrogens (tertiary/aromatic N) is 1. The molecule has 1 aliphatic heterocycles. The molecule has 1 heterocycles. The number of ether oxygens (including phenoxy) is 1. The zero-order valence-electron chi connectivity index (χ0n) is 15.8. The van der Waals surface area contributed by atoms with Gasteiger partial charge in [-0.3, -0.25) is 4.90 Å². The van der Waals surface area contributed by atoms with Gasteiger partial charge < -0.3 is 15.4 Å². The third-order valence-electron chi connectivity index (χ3n) is 7.39. The fourth-order valence-electron chi connectivity index (χ4n) is 6.44. The summed E-state index contributed by atoms with van der Waals surface area (Å²) in [6, 6.07) is 0.514. The third-order valence-corrected chi connectivity index (χ3v) is 7.65. The van der Waals surface area contributed by atoms with Gasteiger partial charge in [-0.1, -0.05) is 0 Å². The Morgan fingerprint density at radius 1 is 1.12 bits per heavy atom. The second-order valence-electron chi connectivity index (χ2n) is 9.21. The predicted molar refractivity (Wildman–Crippen MR) is 106 cm³/mol. The standard InChI is InChI=1S/C20H35N3OS/c1-15(20-12-16-9-17(13-20)11-18(10-16)14-20)22-19(25)21-3-2-4-23-5-7-24-8-6-23/h15-18H,2-14H2,1H3,(H2,21,22,25)/t15-,16?,17?,18?,20?/m1/s1. The molecule has 1 saturated heterocycles. The highest BCUT2D eigenvalue weighted by molar-refractivity contribution is 7.80. The topological polar surface area (TPSA) is 36.5 Å². The molecule has 25 heavy (non-hydrogen) atoms. The van der Waals surface area contributed by atoms with Crippen LogP contribution in [0.2, 0.25) is 0 Å². The molecule has 0 aromatic heterocycles. The van der Waals surface area contributed by atoms with Crippen molar-refractivity contribution in [2.24, 2.45) is 23.2 Å². The van der Waals surface area contributed by atoms with E-state index in [2.05, 4.69) is 22.5 Å². The summed E-state index contributed by atoms with van der Waals surface area (Å²) >= 11 is 5.60. The first-order chi connectivity index (χ1) is 12.1. The van der Waals surface area contributed by atoms with E-state index < -0.39 is 0 Å². The first kappa shape index (κ1) is 18.0. The fraction of sp³-hybridized carbons (Fsp3) is 0.950. The van der Waals surface area contributed by atoms with Gasteiger partial charge in [-0.2, -0.15) is 0 Å². The molecule has 5 rings (SSSR count). The van der Waals surface area contributed by atoms with Crippen LogP contribution in [0.3, 0.4) is 0 Å². The lowest BCUT2D eigenvalue weighted by Crippen LogP contribution is -2.57. The minimum absolute atomic E-state index is 0.514. The van der Waals surface area contributed by atoms with Gasteiger partial charge >= 0.3 is 0 Å². The molecule has 2 N–H and O–H groups in total. The van der Waals surface area contributed by atoms with Gasteiger partial charge in [0.05, 0.1) is 13.2 Å². The van der Waals surface area contributed by atoms with E-state index in [4.69, 9.17) is 17.0 Å². The van der Waals surface area contributed by atoms with Crippen molar-refractivity contribution in [3.05, 3.63) is 0 Å². The van der Waals surface area contributed by atoms with Crippen molar-refractivity contribution in [2.75, 3.05) is 39.4 Å². The smallest absolute Gasteiger partial charge is 0.166 e. The predicted octanol–water partition coefficient (Wildman–Crippen LogP) is 2.78. The largest absolute Gasteiger partial charge is 0.379 e. The number of thiocarbonyl (C=S) groups is 1. The van der Waals surface area contributed by atoms with Crippen molar-refractivity contribution in [1.29, 1.82) is 0 Å². The fourth-order valence-corrected chi connectivity index (χ4v) is 6.72. The van der Waals surface area contributed by atoms with Crippen LogP contribution in [0.4, 0.5) is 0 Å². The number of rotatable bonds is 6. The summed E-state index contributed by atoms with van der Waals surface area (Å²) in [6.45, 7) is 8.42. The van der Waals surface area contributed by atoms with E-state index in [0.29, 0.717) is 11.5 Å². The van der Waals surface area contributed by atoms with Gasteiger partial charge in [0.1, 0.15) is 0 Å². The molecule has 4 saturated carbocycles. The van der Waals surface area contributed by atoms with Crippen LogP contribution in [0.25, 0.3) is 0 Å². The van der Waals surface area contributed by atoms with Gasteiger partial charge in [-0.25, -0.2) is 0 Å². The Morgan fingerprint density at radius 3 is 2.32 bits per heavy atom. The van der Waals surface area contributed by atoms with Crippen LogP contribution in [0.5, 0.6) is 0 Å². The summed E-state index contributed by atoms with van der Waals surface area (Å²) in [5, 5.41) is 7.98. The summed E-state index contributed by atoms with van der Waals surface area (Å²) in [6.07, 6.45) is 9.99. The van der Waals surface area contributed by atoms with Crippen LogP contribution in [-0.4, -0.2) is 55.4 Å². The summed E-state index contributed by atoms with van der Waals surface area (Å²) in [7, 11) is 0. The van der Waals surface area contributed by atoms with E-state index in [1.807, 2.05) is 0 Å². The molecule has 142 valence electrons. The van der Waals surface area contributed by atoms with Crippen molar-refractivity contribution in [3.63, 3.8) is 0 Å². The zero-order valence-corrected chi connectivity index (χ0v) is 16.6. The van der Waals surface area contributed by atoms with Crippen LogP contribution in [0.1, 0.15) is 51.9 Å². The van der Waals surface area contributed by atoms with Gasteiger partial charge in [0, 0.05) is 25.7 Å². The van der Waals surface area contributed by atoms with Crippen molar-refractivity contribution in [1.82, 2.24) is 15.5 Å². The Hall–Kier alpha value is -0.390. The number of nitrogens with one attached hydrogen (secondary N) is 2. The molecule has 0 spiro atoms. The highest BCUT2D eigenvalue weighted by Gasteiger charge is 2.53. The van der Waals surface area contributed by atoms with Crippen molar-refractivity contribution in [2.45, 2.75) is 57.9 Å². The SMILES string of the molecule is C[C@@H](NC(=S)NCCCN1CCOCC1)C12CC3CC(CC(C3)C1)C2. The lowest BCUT2D eigenvalue weighted by atomic mass is 9.48. The van der Waals surface area contributed by atoms with E-state index in [1.54, 1.807) is 0 Å². The number of hydrogen-bond acceptors (Lipinski definition) is 3. The van der Waals surface area contributed by atoms with Gasteiger partial charge in [-0.15, -0.1) is 0 Å². The van der Waals surface area contributed by atoms with Gasteiger partial charge in [0.15, 0.2) is 5.11 Å². The highest BCUT2D eigenvalue weighted by Crippen LogP contribution is 2.61. The van der Waals surface area contributed by atoms with Gasteiger partial charge in [-0.05, 0) is 93.8 Å². The number of hydrogen-bond donors (Lipinski definition) is 2. The Labute approximate surface area is 158 Å². The Balaban J connectivity index is 1.19. The second-order valence-corrected chi connectivity index (χ2v) is 9.62. The quantitative estimate of drug-likeness (QED) is 0.559. The molecule has 0 amide bonds. The van der Waals surface area contributed by atoms with Crippen LogP contribution in [0, 0.1) is 23.2 Å². The van der Waals surface area contributed by atoms with Crippen molar-refractivity contribution < 1.29 is 4.74 Å². The van der Waals surface area contributed by atoms with Crippen LogP contribution < -0.4 is 10.6 Å². The minimum atomic E-state index is 0.514. The average Bonchev–Trinajstić information content (AvgIpc) is 2.58. The molecule has 5 aliphatic rings. The van der Waals surface area contributed by atoms with Crippen molar-refractivity contribution in [3.8, 4) is 0 Å². The van der Waals surface area contributed by atoms with E-state index >= 15 is 0 Å². The maximum Gasteiger partial charge on any atom is 0.166 e. The van der Waals surface area contributed by atoms with E-state index in [0.717, 1.165) is 68.7 Å². The molecule has 0 unspecified atom stereocenters. The third kappa shape index (κ3) is 4.14. The van der Waals surface area contributed by atoms with Crippen LogP contribution in [0.15, 0.2) is 0 Å². The molecular weight excluding hydrogens is 330 g/mol. The van der Waals surface area contributed by atoms with Crippen LogP contribution in [-0.2, 0) is 4.74 Å². The van der Waals surface area contributed by atoms with E-state index in [1.165, 1.54) is 38.5 Å². The Bertz CT molecular complexity index is 442. The first-order valence-corrected chi connectivity index (χ1v) is 10.9.